The Morgan fingerprint density at radius 2 is 1.00 bits per heavy atom. The van der Waals surface area contributed by atoms with E-state index in [2.05, 4.69) is 45.5 Å². The van der Waals surface area contributed by atoms with Crippen LogP contribution in [0.3, 0.4) is 0 Å². The van der Waals surface area contributed by atoms with Crippen molar-refractivity contribution in [1.29, 1.82) is 0 Å². The van der Waals surface area contributed by atoms with E-state index in [1.807, 2.05) is 24.3 Å². The molecule has 0 saturated heterocycles. The summed E-state index contributed by atoms with van der Waals surface area (Å²) in [7, 11) is 3.34. The predicted octanol–water partition coefficient (Wildman–Crippen LogP) is 1.12. The largest absolute Gasteiger partial charge is 0.497 e. The fourth-order valence-corrected chi connectivity index (χ4v) is 2.92. The van der Waals surface area contributed by atoms with Gasteiger partial charge in [-0.05, 0) is 35.4 Å². The van der Waals surface area contributed by atoms with Crippen molar-refractivity contribution < 1.29 is 14.6 Å². The minimum Gasteiger partial charge on any atom is -0.497 e. The molecule has 0 aliphatic carbocycles. The van der Waals surface area contributed by atoms with E-state index in [9.17, 15) is 5.11 Å². The fourth-order valence-electron chi connectivity index (χ4n) is 2.92. The van der Waals surface area contributed by atoms with Crippen molar-refractivity contribution in [2.75, 3.05) is 53.5 Å². The van der Waals surface area contributed by atoms with Crippen LogP contribution in [0.4, 0.5) is 0 Å². The van der Waals surface area contributed by atoms with Crippen LogP contribution in [0.15, 0.2) is 48.5 Å². The first-order valence-corrected chi connectivity index (χ1v) is 10.5. The van der Waals surface area contributed by atoms with Crippen LogP contribution in [0.1, 0.15) is 11.1 Å². The maximum absolute atomic E-state index is 10.0. The smallest absolute Gasteiger partial charge is 0.118 e. The Bertz CT molecular complexity index is 620. The zero-order chi connectivity index (χ0) is 21.4. The molecule has 0 bridgehead atoms. The number of benzene rings is 2. The third-order valence-electron chi connectivity index (χ3n) is 4.69. The van der Waals surface area contributed by atoms with Gasteiger partial charge >= 0.3 is 0 Å². The van der Waals surface area contributed by atoms with E-state index >= 15 is 0 Å². The molecule has 0 heterocycles. The molecule has 0 aliphatic rings. The number of nitrogens with one attached hydrogen (secondary N) is 4. The van der Waals surface area contributed by atoms with Crippen LogP contribution < -0.4 is 30.7 Å². The van der Waals surface area contributed by atoms with E-state index in [1.165, 1.54) is 11.1 Å². The van der Waals surface area contributed by atoms with Crippen LogP contribution in [0.2, 0.25) is 0 Å². The highest BCUT2D eigenvalue weighted by molar-refractivity contribution is 5.27. The van der Waals surface area contributed by atoms with Gasteiger partial charge in [0, 0.05) is 52.4 Å². The van der Waals surface area contributed by atoms with Gasteiger partial charge in [0.1, 0.15) is 11.5 Å². The van der Waals surface area contributed by atoms with Crippen LogP contribution in [0.5, 0.6) is 11.5 Å². The highest BCUT2D eigenvalue weighted by atomic mass is 16.5. The third kappa shape index (κ3) is 10.0. The molecule has 166 valence electrons. The minimum absolute atomic E-state index is 0.395. The molecule has 0 aliphatic heterocycles. The minimum atomic E-state index is -0.395. The number of rotatable bonds is 16. The first-order chi connectivity index (χ1) is 14.7. The van der Waals surface area contributed by atoms with Crippen LogP contribution in [-0.4, -0.2) is 64.7 Å². The van der Waals surface area contributed by atoms with Gasteiger partial charge in [0.2, 0.25) is 0 Å². The van der Waals surface area contributed by atoms with Crippen LogP contribution in [0, 0.1) is 0 Å². The second-order valence-electron chi connectivity index (χ2n) is 7.11. The average molecular weight is 417 g/mol. The van der Waals surface area contributed by atoms with Gasteiger partial charge in [-0.3, -0.25) is 0 Å². The monoisotopic (exact) mass is 416 g/mol. The number of methoxy groups -OCH3 is 2. The number of ether oxygens (including phenoxy) is 2. The van der Waals surface area contributed by atoms with Gasteiger partial charge in [0.05, 0.1) is 20.3 Å². The number of hydrogen-bond acceptors (Lipinski definition) is 7. The lowest BCUT2D eigenvalue weighted by Crippen LogP contribution is -2.39. The van der Waals surface area contributed by atoms with Crippen molar-refractivity contribution in [2.24, 2.45) is 0 Å². The Morgan fingerprint density at radius 3 is 1.37 bits per heavy atom. The van der Waals surface area contributed by atoms with E-state index in [0.29, 0.717) is 13.1 Å². The summed E-state index contributed by atoms with van der Waals surface area (Å²) in [5.74, 6) is 1.74. The summed E-state index contributed by atoms with van der Waals surface area (Å²) in [6.07, 6.45) is -0.395. The quantitative estimate of drug-likeness (QED) is 0.262. The molecule has 2 aromatic rings. The molecule has 0 aromatic heterocycles. The first-order valence-electron chi connectivity index (χ1n) is 10.5. The number of aliphatic hydroxyl groups excluding tert-OH is 1. The standard InChI is InChI=1S/C23H36N4O3/c1-29-22-7-3-19(4-8-22)15-24-11-13-26-17-21(28)18-27-14-12-25-16-20-5-9-23(30-2)10-6-20/h3-10,21,24-28H,11-18H2,1-2H3. The predicted molar refractivity (Wildman–Crippen MR) is 121 cm³/mol. The van der Waals surface area contributed by atoms with Gasteiger partial charge in [-0.15, -0.1) is 0 Å². The summed E-state index contributed by atoms with van der Waals surface area (Å²) in [5.41, 5.74) is 2.45. The molecular formula is C23H36N4O3. The highest BCUT2D eigenvalue weighted by Crippen LogP contribution is 2.11. The maximum Gasteiger partial charge on any atom is 0.118 e. The third-order valence-corrected chi connectivity index (χ3v) is 4.69. The molecule has 0 unspecified atom stereocenters. The summed E-state index contributed by atoms with van der Waals surface area (Å²) in [6.45, 7) is 6.13. The highest BCUT2D eigenvalue weighted by Gasteiger charge is 2.02. The van der Waals surface area contributed by atoms with Crippen LogP contribution in [0.25, 0.3) is 0 Å². The molecule has 0 fully saturated rings. The maximum atomic E-state index is 10.0. The molecule has 0 radical (unpaired) electrons. The van der Waals surface area contributed by atoms with Gasteiger partial charge in [-0.1, -0.05) is 24.3 Å². The van der Waals surface area contributed by atoms with Gasteiger partial charge in [0.15, 0.2) is 0 Å². The fraction of sp³-hybridized carbons (Fsp3) is 0.478. The number of hydrogen-bond donors (Lipinski definition) is 5. The molecule has 0 atom stereocenters. The van der Waals surface area contributed by atoms with Gasteiger partial charge in [0.25, 0.3) is 0 Å². The molecule has 2 aromatic carbocycles. The average Bonchev–Trinajstić information content (AvgIpc) is 2.79. The Hall–Kier alpha value is -2.16. The van der Waals surface area contributed by atoms with Crippen LogP contribution in [-0.2, 0) is 13.1 Å². The number of aliphatic hydroxyl groups is 1. The second kappa shape index (κ2) is 14.8. The first kappa shape index (κ1) is 24.1. The Morgan fingerprint density at radius 1 is 0.633 bits per heavy atom. The normalized spacial score (nSPS) is 11.1. The Balaban J connectivity index is 1.40. The Kier molecular flexibility index (Phi) is 11.9. The zero-order valence-electron chi connectivity index (χ0n) is 18.1. The van der Waals surface area contributed by atoms with E-state index in [0.717, 1.165) is 50.8 Å². The van der Waals surface area contributed by atoms with Crippen molar-refractivity contribution in [3.05, 3.63) is 59.7 Å². The zero-order valence-corrected chi connectivity index (χ0v) is 18.1. The molecule has 0 amide bonds. The van der Waals surface area contributed by atoms with Crippen molar-refractivity contribution in [1.82, 2.24) is 21.3 Å². The van der Waals surface area contributed by atoms with E-state index in [4.69, 9.17) is 9.47 Å². The van der Waals surface area contributed by atoms with Crippen molar-refractivity contribution in [3.63, 3.8) is 0 Å². The molecule has 30 heavy (non-hydrogen) atoms. The summed E-state index contributed by atoms with van der Waals surface area (Å²) < 4.78 is 10.3. The molecular weight excluding hydrogens is 380 g/mol. The van der Waals surface area contributed by atoms with Gasteiger partial charge < -0.3 is 35.8 Å². The van der Waals surface area contributed by atoms with Crippen molar-refractivity contribution in [2.45, 2.75) is 19.2 Å². The summed E-state index contributed by atoms with van der Waals surface area (Å²) in [6, 6.07) is 16.1. The van der Waals surface area contributed by atoms with E-state index < -0.39 is 6.10 Å². The van der Waals surface area contributed by atoms with Crippen molar-refractivity contribution >= 4 is 0 Å². The second-order valence-corrected chi connectivity index (χ2v) is 7.11. The van der Waals surface area contributed by atoms with E-state index in [-0.39, 0.29) is 0 Å². The van der Waals surface area contributed by atoms with Gasteiger partial charge in [-0.2, -0.15) is 0 Å². The van der Waals surface area contributed by atoms with Crippen LogP contribution >= 0.6 is 0 Å². The lowest BCUT2D eigenvalue weighted by Gasteiger charge is -2.13. The summed E-state index contributed by atoms with van der Waals surface area (Å²) in [5, 5.41) is 23.3. The molecule has 7 nitrogen and oxygen atoms in total. The Labute approximate surface area is 180 Å². The summed E-state index contributed by atoms with van der Waals surface area (Å²) in [4.78, 5) is 0. The molecule has 5 N–H and O–H groups in total. The molecule has 0 spiro atoms. The van der Waals surface area contributed by atoms with Crippen molar-refractivity contribution in [3.8, 4) is 11.5 Å². The lowest BCUT2D eigenvalue weighted by atomic mass is 10.2. The topological polar surface area (TPSA) is 86.8 Å². The molecule has 2 rings (SSSR count). The van der Waals surface area contributed by atoms with E-state index in [1.54, 1.807) is 14.2 Å². The van der Waals surface area contributed by atoms with Gasteiger partial charge in [-0.25, -0.2) is 0 Å². The SMILES string of the molecule is COc1ccc(CNCCNCC(O)CNCCNCc2ccc(OC)cc2)cc1. The molecule has 0 saturated carbocycles. The summed E-state index contributed by atoms with van der Waals surface area (Å²) >= 11 is 0. The molecule has 7 heteroatoms. The lowest BCUT2D eigenvalue weighted by molar-refractivity contribution is 0.169.